The minimum atomic E-state index is -1.05. The molecule has 124 valence electrons. The fourth-order valence-corrected chi connectivity index (χ4v) is 2.32. The highest BCUT2D eigenvalue weighted by molar-refractivity contribution is 5.84. The summed E-state index contributed by atoms with van der Waals surface area (Å²) < 4.78 is 6.65. The van der Waals surface area contributed by atoms with E-state index >= 15 is 0 Å². The highest BCUT2D eigenvalue weighted by Crippen LogP contribution is 2.17. The number of nitrogens with one attached hydrogen (secondary N) is 1. The van der Waals surface area contributed by atoms with Crippen LogP contribution < -0.4 is 5.32 Å². The molecule has 0 aliphatic carbocycles. The lowest BCUT2D eigenvalue weighted by molar-refractivity contribution is -0.142. The van der Waals surface area contributed by atoms with Crippen molar-refractivity contribution < 1.29 is 19.4 Å². The maximum absolute atomic E-state index is 12.2. The third kappa shape index (κ3) is 4.56. The largest absolute Gasteiger partial charge is 0.480 e. The standard InChI is InChI=1S/C15H25N3O4/c1-9(8-12-10(2)17-18(4)11(12)3)14(19)16-13(15(20)21)6-7-22-5/h9,13H,6-8H2,1-5H3,(H,16,19)(H,20,21). The highest BCUT2D eigenvalue weighted by Gasteiger charge is 2.24. The third-order valence-corrected chi connectivity index (χ3v) is 3.84. The summed E-state index contributed by atoms with van der Waals surface area (Å²) in [4.78, 5) is 23.4. The summed E-state index contributed by atoms with van der Waals surface area (Å²) in [5.41, 5.74) is 2.95. The normalized spacial score (nSPS) is 13.7. The van der Waals surface area contributed by atoms with Gasteiger partial charge < -0.3 is 15.2 Å². The van der Waals surface area contributed by atoms with E-state index in [9.17, 15) is 9.59 Å². The fraction of sp³-hybridized carbons (Fsp3) is 0.667. The van der Waals surface area contributed by atoms with Gasteiger partial charge in [-0.25, -0.2) is 4.79 Å². The number of aryl methyl sites for hydroxylation is 2. The third-order valence-electron chi connectivity index (χ3n) is 3.84. The summed E-state index contributed by atoms with van der Waals surface area (Å²) in [7, 11) is 3.36. The summed E-state index contributed by atoms with van der Waals surface area (Å²) in [6.07, 6.45) is 0.781. The topological polar surface area (TPSA) is 93.5 Å². The number of nitrogens with zero attached hydrogens (tertiary/aromatic N) is 2. The zero-order valence-corrected chi connectivity index (χ0v) is 13.8. The van der Waals surface area contributed by atoms with Gasteiger partial charge in [-0.15, -0.1) is 0 Å². The van der Waals surface area contributed by atoms with Gasteiger partial charge in [-0.3, -0.25) is 9.48 Å². The molecular formula is C15H25N3O4. The number of methoxy groups -OCH3 is 1. The zero-order valence-electron chi connectivity index (χ0n) is 13.8. The van der Waals surface area contributed by atoms with Crippen LogP contribution in [0.15, 0.2) is 0 Å². The monoisotopic (exact) mass is 311 g/mol. The number of carbonyl (C=O) groups is 2. The number of carboxylic acids is 1. The molecule has 1 amide bonds. The van der Waals surface area contributed by atoms with Gasteiger partial charge >= 0.3 is 5.97 Å². The molecule has 0 aliphatic rings. The molecule has 7 nitrogen and oxygen atoms in total. The zero-order chi connectivity index (χ0) is 16.9. The van der Waals surface area contributed by atoms with E-state index in [1.165, 1.54) is 7.11 Å². The van der Waals surface area contributed by atoms with Gasteiger partial charge in [0.25, 0.3) is 0 Å². The molecule has 0 aliphatic heterocycles. The Kier molecular flexibility index (Phi) is 6.55. The van der Waals surface area contributed by atoms with Gasteiger partial charge in [-0.05, 0) is 25.8 Å². The van der Waals surface area contributed by atoms with Gasteiger partial charge in [0.15, 0.2) is 0 Å². The molecule has 1 aromatic heterocycles. The Morgan fingerprint density at radius 3 is 2.50 bits per heavy atom. The first-order chi connectivity index (χ1) is 10.3. The summed E-state index contributed by atoms with van der Waals surface area (Å²) in [5, 5.41) is 16.0. The number of carboxylic acid groups (broad SMARTS) is 1. The molecule has 2 unspecified atom stereocenters. The number of hydrogen-bond donors (Lipinski definition) is 2. The van der Waals surface area contributed by atoms with Crippen molar-refractivity contribution in [3.63, 3.8) is 0 Å². The van der Waals surface area contributed by atoms with Crippen LogP contribution in [0.5, 0.6) is 0 Å². The van der Waals surface area contributed by atoms with E-state index in [1.807, 2.05) is 20.9 Å². The average Bonchev–Trinajstić information content (AvgIpc) is 2.69. The lowest BCUT2D eigenvalue weighted by atomic mass is 9.98. The van der Waals surface area contributed by atoms with Gasteiger partial charge in [-0.2, -0.15) is 5.10 Å². The Bertz CT molecular complexity index is 539. The van der Waals surface area contributed by atoms with Crippen LogP contribution in [0.3, 0.4) is 0 Å². The van der Waals surface area contributed by atoms with Crippen LogP contribution in [0.4, 0.5) is 0 Å². The minimum Gasteiger partial charge on any atom is -0.480 e. The van der Waals surface area contributed by atoms with Crippen LogP contribution in [-0.4, -0.2) is 46.5 Å². The molecule has 0 fully saturated rings. The smallest absolute Gasteiger partial charge is 0.326 e. The molecule has 0 saturated heterocycles. The molecule has 2 atom stereocenters. The molecule has 2 N–H and O–H groups in total. The second-order valence-electron chi connectivity index (χ2n) is 5.56. The number of rotatable bonds is 8. The average molecular weight is 311 g/mol. The summed E-state index contributed by atoms with van der Waals surface area (Å²) >= 11 is 0. The Hall–Kier alpha value is -1.89. The number of amides is 1. The van der Waals surface area contributed by atoms with E-state index in [1.54, 1.807) is 11.6 Å². The summed E-state index contributed by atoms with van der Waals surface area (Å²) in [6.45, 7) is 5.94. The first-order valence-electron chi connectivity index (χ1n) is 7.29. The number of ether oxygens (including phenoxy) is 1. The van der Waals surface area contributed by atoms with Crippen LogP contribution in [-0.2, 0) is 27.8 Å². The minimum absolute atomic E-state index is 0.245. The van der Waals surface area contributed by atoms with Crippen molar-refractivity contribution in [2.24, 2.45) is 13.0 Å². The molecule has 0 bridgehead atoms. The van der Waals surface area contributed by atoms with Crippen LogP contribution in [0.25, 0.3) is 0 Å². The number of hydrogen-bond acceptors (Lipinski definition) is 4. The maximum atomic E-state index is 12.2. The van der Waals surface area contributed by atoms with Crippen LogP contribution >= 0.6 is 0 Å². The van der Waals surface area contributed by atoms with Crippen molar-refractivity contribution >= 4 is 11.9 Å². The Morgan fingerprint density at radius 2 is 2.05 bits per heavy atom. The Balaban J connectivity index is 2.69. The Labute approximate surface area is 130 Å². The highest BCUT2D eigenvalue weighted by atomic mass is 16.5. The van der Waals surface area contributed by atoms with Gasteiger partial charge in [-0.1, -0.05) is 6.92 Å². The number of carbonyl (C=O) groups excluding carboxylic acids is 1. The van der Waals surface area contributed by atoms with E-state index < -0.39 is 12.0 Å². The van der Waals surface area contributed by atoms with Gasteiger partial charge in [0.1, 0.15) is 6.04 Å². The second-order valence-corrected chi connectivity index (χ2v) is 5.56. The van der Waals surface area contributed by atoms with Gasteiger partial charge in [0.05, 0.1) is 5.69 Å². The molecule has 0 saturated carbocycles. The van der Waals surface area contributed by atoms with Crippen molar-refractivity contribution in [2.75, 3.05) is 13.7 Å². The molecule has 1 rings (SSSR count). The van der Waals surface area contributed by atoms with Crippen molar-refractivity contribution in [1.29, 1.82) is 0 Å². The molecule has 0 radical (unpaired) electrons. The predicted molar refractivity (Wildman–Crippen MR) is 81.6 cm³/mol. The van der Waals surface area contributed by atoms with E-state index in [2.05, 4.69) is 10.4 Å². The molecule has 22 heavy (non-hydrogen) atoms. The van der Waals surface area contributed by atoms with E-state index in [4.69, 9.17) is 9.84 Å². The van der Waals surface area contributed by atoms with Crippen LogP contribution in [0, 0.1) is 19.8 Å². The van der Waals surface area contributed by atoms with Crippen molar-refractivity contribution in [3.05, 3.63) is 17.0 Å². The maximum Gasteiger partial charge on any atom is 0.326 e. The van der Waals surface area contributed by atoms with Crippen LogP contribution in [0.1, 0.15) is 30.3 Å². The predicted octanol–water partition coefficient (Wildman–Crippen LogP) is 0.821. The van der Waals surface area contributed by atoms with E-state index in [0.29, 0.717) is 6.42 Å². The van der Waals surface area contributed by atoms with E-state index in [0.717, 1.165) is 17.0 Å². The van der Waals surface area contributed by atoms with E-state index in [-0.39, 0.29) is 24.9 Å². The number of aliphatic carboxylic acids is 1. The molecule has 1 aromatic rings. The fourth-order valence-electron chi connectivity index (χ4n) is 2.32. The van der Waals surface area contributed by atoms with Crippen molar-refractivity contribution in [1.82, 2.24) is 15.1 Å². The summed E-state index contributed by atoms with van der Waals surface area (Å²) in [5.74, 6) is -1.65. The molecule has 1 heterocycles. The Morgan fingerprint density at radius 1 is 1.41 bits per heavy atom. The second kappa shape index (κ2) is 7.93. The SMILES string of the molecule is COCCC(NC(=O)C(C)Cc1c(C)nn(C)c1C)C(=O)O. The van der Waals surface area contributed by atoms with Crippen molar-refractivity contribution in [3.8, 4) is 0 Å². The number of aromatic nitrogens is 2. The lowest BCUT2D eigenvalue weighted by Gasteiger charge is -2.17. The lowest BCUT2D eigenvalue weighted by Crippen LogP contribution is -2.44. The van der Waals surface area contributed by atoms with Crippen molar-refractivity contribution in [2.45, 2.75) is 39.7 Å². The van der Waals surface area contributed by atoms with Crippen LogP contribution in [0.2, 0.25) is 0 Å². The first kappa shape index (κ1) is 18.2. The first-order valence-corrected chi connectivity index (χ1v) is 7.29. The molecule has 7 heteroatoms. The summed E-state index contributed by atoms with van der Waals surface area (Å²) in [6, 6.07) is -0.925. The quantitative estimate of drug-likeness (QED) is 0.741. The molecule has 0 spiro atoms. The van der Waals surface area contributed by atoms with Gasteiger partial charge in [0.2, 0.25) is 5.91 Å². The molecular weight excluding hydrogens is 286 g/mol. The molecule has 0 aromatic carbocycles. The van der Waals surface area contributed by atoms with Gasteiger partial charge in [0, 0.05) is 38.8 Å².